The van der Waals surface area contributed by atoms with Gasteiger partial charge in [-0.1, -0.05) is 18.2 Å². The molecule has 0 unspecified atom stereocenters. The number of carbonyl (C=O) groups excluding carboxylic acids is 2. The van der Waals surface area contributed by atoms with Gasteiger partial charge in [0.1, 0.15) is 29.1 Å². The van der Waals surface area contributed by atoms with Crippen molar-refractivity contribution in [2.75, 3.05) is 24.1 Å². The third kappa shape index (κ3) is 3.92. The summed E-state index contributed by atoms with van der Waals surface area (Å²) in [5.74, 6) is 0.404. The number of likely N-dealkylation sites (tertiary alicyclic amines) is 1. The zero-order valence-electron chi connectivity index (χ0n) is 19.8. The molecule has 1 saturated carbocycles. The number of nitrogens with zero attached hydrogens (tertiary/aromatic N) is 7. The van der Waals surface area contributed by atoms with Gasteiger partial charge in [-0.3, -0.25) is 9.59 Å². The van der Waals surface area contributed by atoms with Crippen molar-refractivity contribution in [3.8, 4) is 17.3 Å². The second kappa shape index (κ2) is 8.67. The lowest BCUT2D eigenvalue weighted by Crippen LogP contribution is -2.35. The van der Waals surface area contributed by atoms with Crippen molar-refractivity contribution < 1.29 is 9.59 Å². The highest BCUT2D eigenvalue weighted by Gasteiger charge is 2.53. The summed E-state index contributed by atoms with van der Waals surface area (Å²) < 4.78 is 1.81. The second-order valence-electron chi connectivity index (χ2n) is 9.38. The third-order valence-electron chi connectivity index (χ3n) is 7.02. The fourth-order valence-electron chi connectivity index (χ4n) is 4.78. The van der Waals surface area contributed by atoms with Gasteiger partial charge in [-0.05, 0) is 43.5 Å². The zero-order valence-corrected chi connectivity index (χ0v) is 19.8. The molecule has 2 aliphatic rings. The third-order valence-corrected chi connectivity index (χ3v) is 7.02. The molecule has 6 rings (SSSR count). The predicted molar refractivity (Wildman–Crippen MR) is 135 cm³/mol. The van der Waals surface area contributed by atoms with E-state index in [1.54, 1.807) is 53.6 Å². The van der Waals surface area contributed by atoms with Crippen LogP contribution >= 0.6 is 0 Å². The minimum absolute atomic E-state index is 0.0945. The first-order valence-electron chi connectivity index (χ1n) is 12.0. The molecule has 1 aliphatic heterocycles. The molecule has 1 atom stereocenters. The Bertz CT molecular complexity index is 1550. The Morgan fingerprint density at radius 1 is 1.11 bits per heavy atom. The average Bonchev–Trinajstić information content (AvgIpc) is 3.40. The predicted octanol–water partition coefficient (Wildman–Crippen LogP) is 2.80. The number of fused-ring (bicyclic) bond motifs is 1. The van der Waals surface area contributed by atoms with E-state index in [1.807, 2.05) is 4.68 Å². The molecule has 3 aromatic heterocycles. The van der Waals surface area contributed by atoms with Crippen molar-refractivity contribution in [3.05, 3.63) is 60.6 Å². The summed E-state index contributed by atoms with van der Waals surface area (Å²) in [6, 6.07) is 14.4. The Balaban J connectivity index is 1.29. The lowest BCUT2D eigenvalue weighted by atomic mass is 10.1. The molecule has 0 bridgehead atoms. The first-order valence-corrected chi connectivity index (χ1v) is 12.0. The first kappa shape index (κ1) is 22.6. The Labute approximate surface area is 211 Å². The van der Waals surface area contributed by atoms with Crippen molar-refractivity contribution in [2.45, 2.75) is 25.3 Å². The number of nitrogens with two attached hydrogens (primary N) is 1. The van der Waals surface area contributed by atoms with Gasteiger partial charge in [-0.25, -0.2) is 19.6 Å². The number of nitriles is 1. The van der Waals surface area contributed by atoms with Crippen LogP contribution in [0.15, 0.2) is 55.0 Å². The van der Waals surface area contributed by atoms with Crippen molar-refractivity contribution in [2.24, 2.45) is 5.41 Å². The minimum atomic E-state index is -0.844. The monoisotopic (exact) mass is 493 g/mol. The second-order valence-corrected chi connectivity index (χ2v) is 9.38. The van der Waals surface area contributed by atoms with E-state index in [-0.39, 0.29) is 17.9 Å². The van der Waals surface area contributed by atoms with Gasteiger partial charge in [0.15, 0.2) is 5.65 Å². The van der Waals surface area contributed by atoms with Crippen LogP contribution in [0.2, 0.25) is 0 Å². The van der Waals surface area contributed by atoms with Gasteiger partial charge in [-0.15, -0.1) is 0 Å². The molecule has 2 fully saturated rings. The molecule has 2 amide bonds. The number of aromatic nitrogens is 5. The van der Waals surface area contributed by atoms with Gasteiger partial charge in [0.05, 0.1) is 17.5 Å². The highest BCUT2D eigenvalue weighted by Crippen LogP contribution is 2.47. The van der Waals surface area contributed by atoms with Gasteiger partial charge < -0.3 is 16.0 Å². The van der Waals surface area contributed by atoms with E-state index in [0.717, 1.165) is 5.56 Å². The molecule has 184 valence electrons. The number of carbonyl (C=O) groups is 2. The summed E-state index contributed by atoms with van der Waals surface area (Å²) in [6.45, 7) is 1.01. The van der Waals surface area contributed by atoms with Crippen LogP contribution in [0.4, 0.5) is 11.6 Å². The standard InChI is InChI=1S/C26H23N9O2/c27-14-26(9-10-26)25(37)34-12-8-18(13-34)35-23-20(22(28)30-15-31-23)21(33-35)16-4-6-17(7-5-16)24(36)32-19-3-1-2-11-29-19/h1-7,11,15,18H,8-10,12-13H2,(H2,28,30,31)(H,29,32,36)/t18-/m1/s1. The molecular formula is C26H23N9O2. The number of pyridine rings is 1. The fourth-order valence-corrected chi connectivity index (χ4v) is 4.78. The molecular weight excluding hydrogens is 470 g/mol. The first-order chi connectivity index (χ1) is 18.0. The van der Waals surface area contributed by atoms with Crippen molar-refractivity contribution >= 4 is 34.5 Å². The molecule has 37 heavy (non-hydrogen) atoms. The van der Waals surface area contributed by atoms with Crippen LogP contribution in [0.3, 0.4) is 0 Å². The molecule has 0 spiro atoms. The molecule has 1 saturated heterocycles. The highest BCUT2D eigenvalue weighted by atomic mass is 16.2. The lowest BCUT2D eigenvalue weighted by molar-refractivity contribution is -0.134. The molecule has 0 radical (unpaired) electrons. The van der Waals surface area contributed by atoms with E-state index in [4.69, 9.17) is 10.8 Å². The van der Waals surface area contributed by atoms with Gasteiger partial charge in [-0.2, -0.15) is 10.4 Å². The van der Waals surface area contributed by atoms with Crippen molar-refractivity contribution in [1.82, 2.24) is 29.6 Å². The van der Waals surface area contributed by atoms with E-state index < -0.39 is 5.41 Å². The van der Waals surface area contributed by atoms with Crippen molar-refractivity contribution in [3.63, 3.8) is 0 Å². The maximum absolute atomic E-state index is 12.9. The number of amides is 2. The van der Waals surface area contributed by atoms with Crippen LogP contribution in [-0.4, -0.2) is 54.5 Å². The lowest BCUT2D eigenvalue weighted by Gasteiger charge is -2.19. The van der Waals surface area contributed by atoms with Crippen LogP contribution in [-0.2, 0) is 4.79 Å². The van der Waals surface area contributed by atoms with E-state index in [0.29, 0.717) is 66.3 Å². The maximum atomic E-state index is 12.9. The van der Waals surface area contributed by atoms with Crippen LogP contribution in [0.1, 0.15) is 35.7 Å². The average molecular weight is 494 g/mol. The minimum Gasteiger partial charge on any atom is -0.383 e. The number of nitrogen functional groups attached to an aromatic ring is 1. The molecule has 4 heterocycles. The quantitative estimate of drug-likeness (QED) is 0.430. The largest absolute Gasteiger partial charge is 0.383 e. The zero-order chi connectivity index (χ0) is 25.6. The Hall–Kier alpha value is -4.85. The van der Waals surface area contributed by atoms with Crippen LogP contribution < -0.4 is 11.1 Å². The smallest absolute Gasteiger partial charge is 0.256 e. The number of hydrogen-bond donors (Lipinski definition) is 2. The summed E-state index contributed by atoms with van der Waals surface area (Å²) in [5, 5.41) is 17.7. The normalized spacial score (nSPS) is 17.9. The molecule has 3 N–H and O–H groups in total. The Morgan fingerprint density at radius 2 is 1.92 bits per heavy atom. The summed E-state index contributed by atoms with van der Waals surface area (Å²) in [7, 11) is 0. The summed E-state index contributed by atoms with van der Waals surface area (Å²) in [5.41, 5.74) is 7.82. The summed E-state index contributed by atoms with van der Waals surface area (Å²) >= 11 is 0. The number of hydrogen-bond acceptors (Lipinski definition) is 8. The number of benzene rings is 1. The number of rotatable bonds is 5. The van der Waals surface area contributed by atoms with Crippen molar-refractivity contribution in [1.29, 1.82) is 5.26 Å². The summed E-state index contributed by atoms with van der Waals surface area (Å²) in [4.78, 5) is 40.0. The fraction of sp³-hybridized carbons (Fsp3) is 0.269. The van der Waals surface area contributed by atoms with Gasteiger partial charge in [0.25, 0.3) is 5.91 Å². The van der Waals surface area contributed by atoms with Crippen LogP contribution in [0.5, 0.6) is 0 Å². The Kier molecular flexibility index (Phi) is 5.30. The van der Waals surface area contributed by atoms with E-state index in [2.05, 4.69) is 26.3 Å². The van der Waals surface area contributed by atoms with E-state index in [1.165, 1.54) is 6.33 Å². The topological polar surface area (TPSA) is 156 Å². The number of nitrogens with one attached hydrogen (secondary N) is 1. The van der Waals surface area contributed by atoms with Crippen LogP contribution in [0.25, 0.3) is 22.3 Å². The molecule has 11 nitrogen and oxygen atoms in total. The molecule has 11 heteroatoms. The van der Waals surface area contributed by atoms with Gasteiger partial charge in [0, 0.05) is 30.4 Å². The van der Waals surface area contributed by atoms with Gasteiger partial charge >= 0.3 is 0 Å². The van der Waals surface area contributed by atoms with Crippen LogP contribution in [0, 0.1) is 16.7 Å². The molecule has 1 aliphatic carbocycles. The maximum Gasteiger partial charge on any atom is 0.256 e. The molecule has 1 aromatic carbocycles. The summed E-state index contributed by atoms with van der Waals surface area (Å²) in [6.07, 6.45) is 4.95. The molecule has 4 aromatic rings. The number of anilines is 2. The van der Waals surface area contributed by atoms with E-state index >= 15 is 0 Å². The SMILES string of the molecule is N#CC1(C(=O)N2CC[C@@H](n3nc(-c4ccc(C(=O)Nc5ccccn5)cc4)c4c(N)ncnc43)C2)CC1. The van der Waals surface area contributed by atoms with E-state index in [9.17, 15) is 14.9 Å². The van der Waals surface area contributed by atoms with Gasteiger partial charge in [0.2, 0.25) is 5.91 Å². The highest BCUT2D eigenvalue weighted by molar-refractivity contribution is 6.04. The Morgan fingerprint density at radius 3 is 2.62 bits per heavy atom.